The summed E-state index contributed by atoms with van der Waals surface area (Å²) in [5.74, 6) is -0.754. The monoisotopic (exact) mass is 664 g/mol. The molecule has 0 bridgehead atoms. The highest BCUT2D eigenvalue weighted by Crippen LogP contribution is 2.40. The topological polar surface area (TPSA) is 227 Å². The van der Waals surface area contributed by atoms with Gasteiger partial charge in [-0.3, -0.25) is 19.6 Å². The molecule has 2 aromatic rings. The highest BCUT2D eigenvalue weighted by Gasteiger charge is 2.57. The van der Waals surface area contributed by atoms with Crippen LogP contribution >= 0.6 is 11.3 Å². The lowest BCUT2D eigenvalue weighted by molar-refractivity contribution is -0.228. The van der Waals surface area contributed by atoms with Crippen LogP contribution in [0.15, 0.2) is 28.7 Å². The molecule has 0 radical (unpaired) electrons. The first kappa shape index (κ1) is 32.6. The van der Waals surface area contributed by atoms with Crippen molar-refractivity contribution in [2.45, 2.75) is 45.3 Å². The second-order valence-electron chi connectivity index (χ2n) is 11.6. The first-order chi connectivity index (χ1) is 21.3. The number of fused-ring (bicyclic) bond motifs is 1. The van der Waals surface area contributed by atoms with E-state index in [2.05, 4.69) is 19.3 Å². The molecule has 0 saturated carbocycles. The van der Waals surface area contributed by atoms with Gasteiger partial charge in [-0.15, -0.1) is 15.6 Å². The molecule has 6 N–H and O–H groups in total. The van der Waals surface area contributed by atoms with Crippen LogP contribution < -0.4 is 16.2 Å². The highest BCUT2D eigenvalue weighted by atomic mass is 32.3. The van der Waals surface area contributed by atoms with E-state index in [1.54, 1.807) is 0 Å². The van der Waals surface area contributed by atoms with Gasteiger partial charge in [-0.1, -0.05) is 11.2 Å². The van der Waals surface area contributed by atoms with Crippen molar-refractivity contribution in [1.82, 2.24) is 19.8 Å². The number of thiazole rings is 1. The molecule has 3 aliphatic rings. The lowest BCUT2D eigenvalue weighted by Crippen LogP contribution is -2.68. The average Bonchev–Trinajstić information content (AvgIpc) is 3.75. The molecule has 5 rings (SSSR count). The lowest BCUT2D eigenvalue weighted by Gasteiger charge is -2.50. The van der Waals surface area contributed by atoms with Crippen molar-refractivity contribution in [1.29, 1.82) is 5.41 Å². The van der Waals surface area contributed by atoms with Crippen molar-refractivity contribution in [2.24, 2.45) is 22.7 Å². The number of hydrogen-bond acceptors (Lipinski definition) is 13. The van der Waals surface area contributed by atoms with Gasteiger partial charge in [-0.05, 0) is 56.0 Å². The quantitative estimate of drug-likeness (QED) is 0.0621. The molecule has 2 fully saturated rings. The van der Waals surface area contributed by atoms with E-state index < -0.39 is 33.5 Å². The number of oxime groups is 1. The number of aromatic nitrogens is 1. The number of benzene rings is 1. The van der Waals surface area contributed by atoms with Gasteiger partial charge in [-0.25, -0.2) is 4.98 Å². The van der Waals surface area contributed by atoms with Crippen LogP contribution in [0.5, 0.6) is 5.75 Å². The number of nitrogen functional groups attached to an aromatic ring is 1. The fraction of sp³-hybridized carbons (Fsp3) is 0.519. The number of ether oxygens (including phenoxy) is 1. The molecule has 1 amide bonds. The van der Waals surface area contributed by atoms with Crippen molar-refractivity contribution in [2.75, 3.05) is 38.6 Å². The van der Waals surface area contributed by atoms with Gasteiger partial charge in [-0.2, -0.15) is 13.5 Å². The van der Waals surface area contributed by atoms with E-state index in [0.717, 1.165) is 42.0 Å². The van der Waals surface area contributed by atoms with Crippen molar-refractivity contribution >= 4 is 50.2 Å². The van der Waals surface area contributed by atoms with Crippen LogP contribution in [0, 0.1) is 17.2 Å². The number of nitrogens with zero attached hydrogens (tertiary/aromatic N) is 5. The Kier molecular flexibility index (Phi) is 9.31. The number of β-lactam (4-membered cyclic amide) rings is 1. The molecule has 244 valence electrons. The van der Waals surface area contributed by atoms with Crippen LogP contribution in [0.25, 0.3) is 0 Å². The largest absolute Gasteiger partial charge is 0.490 e. The van der Waals surface area contributed by atoms with Gasteiger partial charge in [0.1, 0.15) is 18.1 Å². The molecule has 1 aromatic carbocycles. The minimum Gasteiger partial charge on any atom is -0.490 e. The molecule has 3 aliphatic heterocycles. The molecular weight excluding hydrogens is 628 g/mol. The Morgan fingerprint density at radius 3 is 2.64 bits per heavy atom. The molecule has 1 unspecified atom stereocenters. The van der Waals surface area contributed by atoms with E-state index in [1.807, 2.05) is 23.1 Å². The maximum atomic E-state index is 13.2. The molecule has 1 aromatic heterocycles. The summed E-state index contributed by atoms with van der Waals surface area (Å²) in [6.45, 7) is 6.65. The highest BCUT2D eigenvalue weighted by molar-refractivity contribution is 7.80. The molecule has 16 nitrogen and oxygen atoms in total. The van der Waals surface area contributed by atoms with Crippen LogP contribution in [0.4, 0.5) is 5.13 Å². The normalized spacial score (nSPS) is 21.1. The number of rotatable bonds is 12. The van der Waals surface area contributed by atoms with Crippen molar-refractivity contribution in [3.63, 3.8) is 0 Å². The Bertz CT molecular complexity index is 1610. The molecular formula is C27H36N8O8S2. The third-order valence-corrected chi connectivity index (χ3v) is 9.19. The predicted molar refractivity (Wildman–Crippen MR) is 163 cm³/mol. The fourth-order valence-electron chi connectivity index (χ4n) is 5.62. The summed E-state index contributed by atoms with van der Waals surface area (Å²) in [5.41, 5.74) is 12.6. The third-order valence-electron chi connectivity index (χ3n) is 8.18. The lowest BCUT2D eigenvalue weighted by atomic mass is 9.74. The maximum absolute atomic E-state index is 13.2. The summed E-state index contributed by atoms with van der Waals surface area (Å²) in [7, 11) is -4.92. The zero-order valence-electron chi connectivity index (χ0n) is 24.8. The number of nitrogens with one attached hydrogen (secondary N) is 1. The number of Topliss-reactive ketones (excluding diaryl/α,β-unsaturated/α-hetero) is 1. The Morgan fingerprint density at radius 1 is 1.24 bits per heavy atom. The van der Waals surface area contributed by atoms with Gasteiger partial charge in [0.05, 0.1) is 11.5 Å². The number of hydroxylamine groups is 2. The maximum Gasteiger partial charge on any atom is 0.418 e. The van der Waals surface area contributed by atoms with Gasteiger partial charge in [0.25, 0.3) is 5.91 Å². The summed E-state index contributed by atoms with van der Waals surface area (Å²) < 4.78 is 41.3. The second kappa shape index (κ2) is 12.9. The average molecular weight is 665 g/mol. The number of amides is 1. The Balaban J connectivity index is 1.15. The zero-order chi connectivity index (χ0) is 32.5. The van der Waals surface area contributed by atoms with Crippen molar-refractivity contribution in [3.05, 3.63) is 40.4 Å². The first-order valence-electron chi connectivity index (χ1n) is 14.3. The summed E-state index contributed by atoms with van der Waals surface area (Å²) in [6, 6.07) is 5.78. The molecule has 18 heteroatoms. The number of ketones is 1. The number of carbonyl (C=O) groups is 2. The molecule has 45 heavy (non-hydrogen) atoms. The van der Waals surface area contributed by atoms with E-state index in [1.165, 1.54) is 19.2 Å². The van der Waals surface area contributed by atoms with E-state index >= 15 is 0 Å². The first-order valence-corrected chi connectivity index (χ1v) is 16.5. The van der Waals surface area contributed by atoms with Gasteiger partial charge in [0, 0.05) is 38.0 Å². The number of guanidine groups is 1. The number of hydrogen-bond donors (Lipinski definition) is 4. The molecule has 2 saturated heterocycles. The van der Waals surface area contributed by atoms with Crippen LogP contribution in [0.2, 0.25) is 0 Å². The Labute approximate surface area is 264 Å². The smallest absolute Gasteiger partial charge is 0.418 e. The summed E-state index contributed by atoms with van der Waals surface area (Å²) in [6.07, 6.45) is 0.658. The van der Waals surface area contributed by atoms with Crippen LogP contribution in [-0.4, -0.2) is 94.6 Å². The minimum atomic E-state index is -4.92. The van der Waals surface area contributed by atoms with Gasteiger partial charge in [0.15, 0.2) is 29.2 Å². The van der Waals surface area contributed by atoms with Crippen LogP contribution in [0.3, 0.4) is 0 Å². The minimum absolute atomic E-state index is 0.00858. The SMILES string of the molecule is CC1(C)[C@H](CC(=O)/C(=N\OCCOc2ccc3c(c2)CN(C(=N)N2CCC(CN)C2)C3)c2csc(N)n2)C(=O)N1OS(=O)(=O)O. The molecule has 0 aliphatic carbocycles. The number of anilines is 1. The second-order valence-corrected chi connectivity index (χ2v) is 13.5. The predicted octanol–water partition coefficient (Wildman–Crippen LogP) is 0.987. The summed E-state index contributed by atoms with van der Waals surface area (Å²) in [4.78, 5) is 39.4. The number of carbonyl (C=O) groups excluding carboxylic acids is 2. The van der Waals surface area contributed by atoms with Crippen molar-refractivity contribution < 1.29 is 36.4 Å². The molecule has 2 atom stereocenters. The van der Waals surface area contributed by atoms with Gasteiger partial charge >= 0.3 is 10.4 Å². The molecule has 0 spiro atoms. The van der Waals surface area contributed by atoms with Crippen molar-refractivity contribution in [3.8, 4) is 5.75 Å². The zero-order valence-corrected chi connectivity index (χ0v) is 26.5. The Morgan fingerprint density at radius 2 is 2.00 bits per heavy atom. The van der Waals surface area contributed by atoms with E-state index in [9.17, 15) is 18.0 Å². The van der Waals surface area contributed by atoms with Crippen LogP contribution in [-0.2, 0) is 42.2 Å². The standard InChI is InChI=1S/C27H36N8O8S2/c1-27(2)20(24(37)35(27)43-45(38,39)40)10-22(36)23(21-15-44-25(29)31-21)32-42-8-7-41-19-4-3-17-13-34(14-18(17)9-19)26(30)33-6-5-16(11-28)12-33/h3-4,9,15-16,20,30H,5-8,10-14,28H2,1-2H3,(H2,29,31)(H,38,39,40)/b30-26?,32-23-/t16?,20-/m1/s1. The van der Waals surface area contributed by atoms with Gasteiger partial charge < -0.3 is 30.8 Å². The summed E-state index contributed by atoms with van der Waals surface area (Å²) >= 11 is 1.10. The fourth-order valence-corrected chi connectivity index (χ4v) is 6.62. The number of nitrogens with two attached hydrogens (primary N) is 2. The van der Waals surface area contributed by atoms with E-state index in [0.29, 0.717) is 42.3 Å². The van der Waals surface area contributed by atoms with E-state index in [-0.39, 0.29) is 36.2 Å². The Hall–Kier alpha value is -3.84. The van der Waals surface area contributed by atoms with E-state index in [4.69, 9.17) is 31.0 Å². The van der Waals surface area contributed by atoms with Crippen LogP contribution in [0.1, 0.15) is 43.5 Å². The van der Waals surface area contributed by atoms with Gasteiger partial charge in [0.2, 0.25) is 0 Å². The number of likely N-dealkylation sites (tertiary alicyclic amines) is 1. The summed E-state index contributed by atoms with van der Waals surface area (Å²) in [5, 5.41) is 14.9. The third kappa shape index (κ3) is 7.19. The molecule has 4 heterocycles.